The summed E-state index contributed by atoms with van der Waals surface area (Å²) in [6, 6.07) is 19.0. The van der Waals surface area contributed by atoms with Crippen LogP contribution < -0.4 is 16.6 Å². The van der Waals surface area contributed by atoms with Gasteiger partial charge in [-0.2, -0.15) is 5.26 Å². The first-order chi connectivity index (χ1) is 14.6. The molecule has 1 N–H and O–H groups in total. The largest absolute Gasteiger partial charge is 0.331 e. The van der Waals surface area contributed by atoms with Crippen LogP contribution in [-0.2, 0) is 24.3 Å². The molecule has 0 radical (unpaired) electrons. The number of nitrogens with zero attached hydrogens (tertiary/aromatic N) is 3. The summed E-state index contributed by atoms with van der Waals surface area (Å²) < 4.78 is 2.27. The molecule has 3 aromatic rings. The average molecular weight is 418 g/mol. The molecule has 1 aliphatic heterocycles. The Morgan fingerprint density at radius 2 is 1.83 bits per heavy atom. The van der Waals surface area contributed by atoms with Gasteiger partial charge in [-0.3, -0.25) is 14.2 Å². The molecule has 2 heterocycles. The van der Waals surface area contributed by atoms with E-state index in [2.05, 4.69) is 5.32 Å². The van der Waals surface area contributed by atoms with Gasteiger partial charge in [-0.1, -0.05) is 42.1 Å². The third-order valence-electron chi connectivity index (χ3n) is 4.88. The number of nitrogens with one attached hydrogen (secondary N) is 1. The van der Waals surface area contributed by atoms with Gasteiger partial charge in [0.2, 0.25) is 5.91 Å². The molecule has 0 aliphatic carbocycles. The molecule has 0 atom stereocenters. The van der Waals surface area contributed by atoms with Crippen LogP contribution in [0.2, 0.25) is 0 Å². The molecular formula is C22H18N4O3S. The van der Waals surface area contributed by atoms with Crippen molar-refractivity contribution in [3.8, 4) is 6.07 Å². The van der Waals surface area contributed by atoms with Gasteiger partial charge in [0.05, 0.1) is 5.69 Å². The van der Waals surface area contributed by atoms with Gasteiger partial charge in [0.25, 0.3) is 5.56 Å². The summed E-state index contributed by atoms with van der Waals surface area (Å²) in [4.78, 5) is 39.8. The molecule has 0 unspecified atom stereocenters. The maximum absolute atomic E-state index is 12.7. The number of amides is 1. The van der Waals surface area contributed by atoms with E-state index in [4.69, 9.17) is 0 Å². The van der Waals surface area contributed by atoms with E-state index in [0.717, 1.165) is 14.4 Å². The molecule has 7 nitrogen and oxygen atoms in total. The number of carbonyl (C=O) groups excluding carboxylic acids is 1. The van der Waals surface area contributed by atoms with Crippen LogP contribution in [0.25, 0.3) is 0 Å². The van der Waals surface area contributed by atoms with Gasteiger partial charge >= 0.3 is 5.69 Å². The maximum Gasteiger partial charge on any atom is 0.331 e. The van der Waals surface area contributed by atoms with E-state index >= 15 is 0 Å². The summed E-state index contributed by atoms with van der Waals surface area (Å²) in [6.45, 7) is -0.00173. The average Bonchev–Trinajstić information content (AvgIpc) is 3.23. The number of rotatable bonds is 5. The normalized spacial score (nSPS) is 12.2. The van der Waals surface area contributed by atoms with Crippen LogP contribution in [0.3, 0.4) is 0 Å². The van der Waals surface area contributed by atoms with E-state index in [9.17, 15) is 19.6 Å². The van der Waals surface area contributed by atoms with Crippen LogP contribution in [0.1, 0.15) is 17.7 Å². The van der Waals surface area contributed by atoms with Crippen LogP contribution >= 0.6 is 11.8 Å². The van der Waals surface area contributed by atoms with E-state index in [1.807, 2.05) is 48.5 Å². The predicted octanol–water partition coefficient (Wildman–Crippen LogP) is 2.62. The summed E-state index contributed by atoms with van der Waals surface area (Å²) >= 11 is 1.50. The molecule has 150 valence electrons. The first-order valence-electron chi connectivity index (χ1n) is 9.47. The van der Waals surface area contributed by atoms with Crippen LogP contribution in [0.4, 0.5) is 5.69 Å². The molecule has 8 heteroatoms. The molecule has 1 aromatic heterocycles. The fourth-order valence-electron chi connectivity index (χ4n) is 3.50. The zero-order chi connectivity index (χ0) is 21.1. The van der Waals surface area contributed by atoms with Gasteiger partial charge in [-0.05, 0) is 37.1 Å². The number of hydrogen-bond acceptors (Lipinski definition) is 5. The second kappa shape index (κ2) is 8.43. The topological polar surface area (TPSA) is 96.9 Å². The van der Waals surface area contributed by atoms with Crippen molar-refractivity contribution in [2.24, 2.45) is 0 Å². The highest BCUT2D eigenvalue weighted by Crippen LogP contribution is 2.33. The second-order valence-electron chi connectivity index (χ2n) is 6.82. The summed E-state index contributed by atoms with van der Waals surface area (Å²) in [5, 5.41) is 12.2. The van der Waals surface area contributed by atoms with Gasteiger partial charge in [-0.25, -0.2) is 9.36 Å². The molecule has 2 aromatic carbocycles. The Labute approximate surface area is 176 Å². The number of aromatic nitrogens is 2. The summed E-state index contributed by atoms with van der Waals surface area (Å²) in [7, 11) is 0. The smallest absolute Gasteiger partial charge is 0.323 e. The van der Waals surface area contributed by atoms with Crippen molar-refractivity contribution in [2.75, 3.05) is 5.32 Å². The lowest BCUT2D eigenvalue weighted by Gasteiger charge is -2.13. The fraction of sp³-hybridized carbons (Fsp3) is 0.182. The Kier molecular flexibility index (Phi) is 5.55. The third-order valence-corrected chi connectivity index (χ3v) is 5.96. The van der Waals surface area contributed by atoms with E-state index in [1.165, 1.54) is 16.3 Å². The lowest BCUT2D eigenvalue weighted by atomic mass is 10.2. The molecule has 4 rings (SSSR count). The van der Waals surface area contributed by atoms with Crippen LogP contribution in [-0.4, -0.2) is 15.0 Å². The van der Waals surface area contributed by atoms with Crippen molar-refractivity contribution in [1.82, 2.24) is 9.13 Å². The summed E-state index contributed by atoms with van der Waals surface area (Å²) in [5.41, 5.74) is -0.258. The predicted molar refractivity (Wildman–Crippen MR) is 114 cm³/mol. The molecule has 0 saturated carbocycles. The lowest BCUT2D eigenvalue weighted by molar-refractivity contribution is -0.116. The number of benzene rings is 2. The Bertz CT molecular complexity index is 1270. The standard InChI is InChI=1S/C22H18N4O3S/c23-13-16-18-10-6-12-25(18)22(29)26(21(16)28)14-20(27)24-17-9-4-5-11-19(17)30-15-7-2-1-3-8-15/h1-5,7-9,11H,6,10,12,14H2,(H,24,27). The maximum atomic E-state index is 12.7. The monoisotopic (exact) mass is 418 g/mol. The van der Waals surface area contributed by atoms with Gasteiger partial charge < -0.3 is 5.32 Å². The van der Waals surface area contributed by atoms with Gasteiger partial charge in [-0.15, -0.1) is 0 Å². The third kappa shape index (κ3) is 3.80. The molecule has 0 saturated heterocycles. The highest BCUT2D eigenvalue weighted by Gasteiger charge is 2.23. The molecular weight excluding hydrogens is 400 g/mol. The van der Waals surface area contributed by atoms with Crippen molar-refractivity contribution < 1.29 is 4.79 Å². The number of para-hydroxylation sites is 1. The van der Waals surface area contributed by atoms with Crippen molar-refractivity contribution >= 4 is 23.4 Å². The van der Waals surface area contributed by atoms with Gasteiger partial charge in [0, 0.05) is 22.0 Å². The number of fused-ring (bicyclic) bond motifs is 1. The Morgan fingerprint density at radius 3 is 2.60 bits per heavy atom. The van der Waals surface area contributed by atoms with Gasteiger partial charge in [0.15, 0.2) is 0 Å². The number of anilines is 1. The first kappa shape index (κ1) is 19.7. The highest BCUT2D eigenvalue weighted by molar-refractivity contribution is 7.99. The minimum absolute atomic E-state index is 0.0556. The fourth-order valence-corrected chi connectivity index (χ4v) is 4.42. The second-order valence-corrected chi connectivity index (χ2v) is 7.94. The van der Waals surface area contributed by atoms with Crippen LogP contribution in [0.15, 0.2) is 74.0 Å². The quantitative estimate of drug-likeness (QED) is 0.687. The SMILES string of the molecule is N#Cc1c2n(c(=O)n(CC(=O)Nc3ccccc3Sc3ccccc3)c1=O)CCC2. The lowest BCUT2D eigenvalue weighted by Crippen LogP contribution is -2.44. The molecule has 1 amide bonds. The van der Waals surface area contributed by atoms with Crippen LogP contribution in [0, 0.1) is 11.3 Å². The van der Waals surface area contributed by atoms with E-state index in [-0.39, 0.29) is 5.56 Å². The number of carbonyl (C=O) groups is 1. The van der Waals surface area contributed by atoms with E-state index < -0.39 is 23.7 Å². The zero-order valence-corrected chi connectivity index (χ0v) is 16.8. The van der Waals surface area contributed by atoms with Crippen molar-refractivity contribution in [2.45, 2.75) is 35.7 Å². The summed E-state index contributed by atoms with van der Waals surface area (Å²) in [5.74, 6) is -0.502. The molecule has 0 bridgehead atoms. The Morgan fingerprint density at radius 1 is 1.10 bits per heavy atom. The summed E-state index contributed by atoms with van der Waals surface area (Å²) in [6.07, 6.45) is 1.22. The molecule has 0 fully saturated rings. The van der Waals surface area contributed by atoms with Crippen molar-refractivity contribution in [3.05, 3.63) is 86.7 Å². The van der Waals surface area contributed by atoms with Gasteiger partial charge in [0.1, 0.15) is 18.2 Å². The molecule has 1 aliphatic rings. The minimum atomic E-state index is -0.710. The van der Waals surface area contributed by atoms with E-state index in [0.29, 0.717) is 30.8 Å². The molecule has 30 heavy (non-hydrogen) atoms. The van der Waals surface area contributed by atoms with E-state index in [1.54, 1.807) is 12.1 Å². The van der Waals surface area contributed by atoms with Crippen molar-refractivity contribution in [3.63, 3.8) is 0 Å². The minimum Gasteiger partial charge on any atom is -0.323 e. The molecule has 0 spiro atoms. The Hall–Kier alpha value is -3.57. The zero-order valence-electron chi connectivity index (χ0n) is 16.0. The Balaban J connectivity index is 1.60. The van der Waals surface area contributed by atoms with Crippen molar-refractivity contribution in [1.29, 1.82) is 5.26 Å². The highest BCUT2D eigenvalue weighted by atomic mass is 32.2. The number of nitriles is 1. The first-order valence-corrected chi connectivity index (χ1v) is 10.3. The van der Waals surface area contributed by atoms with Crippen LogP contribution in [0.5, 0.6) is 0 Å². The number of hydrogen-bond donors (Lipinski definition) is 1.